The molecule has 3 heteroatoms. The van der Waals surface area contributed by atoms with E-state index in [0.29, 0.717) is 13.0 Å². The number of likely N-dealkylation sites (tertiary alicyclic amines) is 1. The highest BCUT2D eigenvalue weighted by molar-refractivity contribution is 6.01. The van der Waals surface area contributed by atoms with Gasteiger partial charge in [-0.25, -0.2) is 0 Å². The maximum absolute atomic E-state index is 11.8. The van der Waals surface area contributed by atoms with Gasteiger partial charge < -0.3 is 4.90 Å². The number of amides is 1. The number of carbonyl (C=O) groups excluding carboxylic acids is 2. The van der Waals surface area contributed by atoms with E-state index in [4.69, 9.17) is 0 Å². The van der Waals surface area contributed by atoms with Crippen molar-refractivity contribution in [2.45, 2.75) is 46.1 Å². The van der Waals surface area contributed by atoms with Crippen molar-refractivity contribution in [1.29, 1.82) is 0 Å². The Morgan fingerprint density at radius 3 is 2.44 bits per heavy atom. The predicted molar refractivity (Wildman–Crippen MR) is 64.0 cm³/mol. The molecule has 1 amide bonds. The lowest BCUT2D eigenvalue weighted by Crippen LogP contribution is -2.53. The zero-order chi connectivity index (χ0) is 12.5. The second-order valence-electron chi connectivity index (χ2n) is 5.68. The molecule has 1 fully saturated rings. The summed E-state index contributed by atoms with van der Waals surface area (Å²) in [5.74, 6) is -0.0432. The number of Topliss-reactive ketones (excluding diaryl/α,β-unsaturated/α-hetero) is 1. The lowest BCUT2D eigenvalue weighted by molar-refractivity contribution is -0.147. The fourth-order valence-corrected chi connectivity index (χ4v) is 2.06. The van der Waals surface area contributed by atoms with Crippen LogP contribution in [0.1, 0.15) is 40.5 Å². The molecule has 0 radical (unpaired) electrons. The fraction of sp³-hybridized carbons (Fsp3) is 0.692. The number of hydrogen-bond acceptors (Lipinski definition) is 2. The smallest absolute Gasteiger partial charge is 0.230 e. The van der Waals surface area contributed by atoms with E-state index in [-0.39, 0.29) is 29.6 Å². The number of rotatable bonds is 2. The van der Waals surface area contributed by atoms with Gasteiger partial charge in [0.25, 0.3) is 0 Å². The topological polar surface area (TPSA) is 37.4 Å². The van der Waals surface area contributed by atoms with Crippen LogP contribution in [0.4, 0.5) is 0 Å². The molecule has 0 spiro atoms. The van der Waals surface area contributed by atoms with Crippen molar-refractivity contribution in [3.05, 3.63) is 12.2 Å². The fourth-order valence-electron chi connectivity index (χ4n) is 2.06. The third kappa shape index (κ3) is 2.94. The quantitative estimate of drug-likeness (QED) is 0.531. The summed E-state index contributed by atoms with van der Waals surface area (Å²) in [5.41, 5.74) is 0.798. The van der Waals surface area contributed by atoms with Crippen molar-refractivity contribution in [2.75, 3.05) is 6.54 Å². The van der Waals surface area contributed by atoms with Crippen molar-refractivity contribution >= 4 is 11.7 Å². The highest BCUT2D eigenvalue weighted by Crippen LogP contribution is 2.25. The van der Waals surface area contributed by atoms with Gasteiger partial charge >= 0.3 is 0 Å². The summed E-state index contributed by atoms with van der Waals surface area (Å²) in [7, 11) is 0. The molecule has 0 bridgehead atoms. The number of carbonyl (C=O) groups is 2. The van der Waals surface area contributed by atoms with Gasteiger partial charge in [0.1, 0.15) is 5.78 Å². The van der Waals surface area contributed by atoms with Crippen molar-refractivity contribution in [2.24, 2.45) is 5.92 Å². The average molecular weight is 223 g/mol. The van der Waals surface area contributed by atoms with Crippen LogP contribution in [0.25, 0.3) is 0 Å². The van der Waals surface area contributed by atoms with E-state index < -0.39 is 0 Å². The third-order valence-corrected chi connectivity index (χ3v) is 2.89. The van der Waals surface area contributed by atoms with E-state index in [1.807, 2.05) is 32.6 Å². The van der Waals surface area contributed by atoms with Crippen molar-refractivity contribution in [3.8, 4) is 0 Å². The first-order valence-corrected chi connectivity index (χ1v) is 5.69. The molecule has 1 aliphatic heterocycles. The largest absolute Gasteiger partial charge is 0.337 e. The maximum atomic E-state index is 11.8. The number of nitrogens with zero attached hydrogens (tertiary/aromatic N) is 1. The summed E-state index contributed by atoms with van der Waals surface area (Å²) in [6.45, 7) is 12.3. The van der Waals surface area contributed by atoms with Crippen LogP contribution in [0.5, 0.6) is 0 Å². The normalized spacial score (nSPS) is 22.5. The van der Waals surface area contributed by atoms with Crippen LogP contribution in [0.2, 0.25) is 0 Å². The van der Waals surface area contributed by atoms with Crippen LogP contribution in [0.15, 0.2) is 12.2 Å². The van der Waals surface area contributed by atoms with E-state index in [1.54, 1.807) is 0 Å². The second kappa shape index (κ2) is 4.40. The summed E-state index contributed by atoms with van der Waals surface area (Å²) in [5, 5.41) is 0. The van der Waals surface area contributed by atoms with Crippen LogP contribution < -0.4 is 0 Å². The Hall–Kier alpha value is -1.12. The zero-order valence-electron chi connectivity index (χ0n) is 10.7. The Labute approximate surface area is 97.5 Å². The third-order valence-electron chi connectivity index (χ3n) is 2.89. The molecule has 1 rings (SSSR count). The number of piperidine rings is 1. The van der Waals surface area contributed by atoms with E-state index in [1.165, 1.54) is 0 Å². The van der Waals surface area contributed by atoms with Crippen LogP contribution in [-0.4, -0.2) is 28.7 Å². The van der Waals surface area contributed by atoms with Gasteiger partial charge in [-0.15, -0.1) is 6.58 Å². The van der Waals surface area contributed by atoms with Crippen LogP contribution in [0.3, 0.4) is 0 Å². The minimum atomic E-state index is -0.203. The first-order chi connectivity index (χ1) is 7.21. The summed E-state index contributed by atoms with van der Waals surface area (Å²) in [6.07, 6.45) is 0.744. The molecule has 0 aromatic carbocycles. The van der Waals surface area contributed by atoms with Gasteiger partial charge in [-0.05, 0) is 34.1 Å². The molecule has 0 aliphatic carbocycles. The first kappa shape index (κ1) is 12.9. The molecule has 16 heavy (non-hydrogen) atoms. The van der Waals surface area contributed by atoms with E-state index in [2.05, 4.69) is 6.58 Å². The Kier molecular flexibility index (Phi) is 3.56. The molecule has 1 unspecified atom stereocenters. The minimum absolute atomic E-state index is 0.0459. The molecule has 1 heterocycles. The van der Waals surface area contributed by atoms with Gasteiger partial charge in [-0.1, -0.05) is 5.57 Å². The Morgan fingerprint density at radius 2 is 2.00 bits per heavy atom. The molecular formula is C13H21NO2. The lowest BCUT2D eigenvalue weighted by Gasteiger charge is -2.41. The molecular weight excluding hydrogens is 202 g/mol. The monoisotopic (exact) mass is 223 g/mol. The predicted octanol–water partition coefficient (Wildman–Crippen LogP) is 2.17. The van der Waals surface area contributed by atoms with Crippen molar-refractivity contribution < 1.29 is 9.59 Å². The van der Waals surface area contributed by atoms with Gasteiger partial charge in [0.15, 0.2) is 0 Å². The summed E-state index contributed by atoms with van der Waals surface area (Å²) < 4.78 is 0. The molecule has 0 saturated carbocycles. The lowest BCUT2D eigenvalue weighted by atomic mass is 9.88. The number of hydrogen-bond donors (Lipinski definition) is 0. The molecule has 3 nitrogen and oxygen atoms in total. The van der Waals surface area contributed by atoms with E-state index in [9.17, 15) is 9.59 Å². The highest BCUT2D eigenvalue weighted by Gasteiger charge is 2.37. The molecule has 1 atom stereocenters. The van der Waals surface area contributed by atoms with Crippen molar-refractivity contribution in [3.63, 3.8) is 0 Å². The summed E-state index contributed by atoms with van der Waals surface area (Å²) in [4.78, 5) is 25.3. The summed E-state index contributed by atoms with van der Waals surface area (Å²) in [6, 6.07) is 0. The second-order valence-corrected chi connectivity index (χ2v) is 5.68. The van der Waals surface area contributed by atoms with Gasteiger partial charge in [-0.2, -0.15) is 0 Å². The van der Waals surface area contributed by atoms with Crippen LogP contribution >= 0.6 is 0 Å². The molecule has 0 N–H and O–H groups in total. The SMILES string of the molecule is C=C(C)CC1CN(C(C)(C)C)C(=O)CC1=O. The molecule has 90 valence electrons. The minimum Gasteiger partial charge on any atom is -0.337 e. The molecule has 1 saturated heterocycles. The summed E-state index contributed by atoms with van der Waals surface area (Å²) >= 11 is 0. The van der Waals surface area contributed by atoms with E-state index in [0.717, 1.165) is 5.57 Å². The zero-order valence-corrected chi connectivity index (χ0v) is 10.7. The van der Waals surface area contributed by atoms with Gasteiger partial charge in [0.2, 0.25) is 5.91 Å². The first-order valence-electron chi connectivity index (χ1n) is 5.69. The van der Waals surface area contributed by atoms with Crippen LogP contribution in [-0.2, 0) is 9.59 Å². The maximum Gasteiger partial charge on any atom is 0.230 e. The Bertz CT molecular complexity index is 325. The Balaban J connectivity index is 2.80. The molecule has 0 aromatic rings. The molecule has 0 aromatic heterocycles. The Morgan fingerprint density at radius 1 is 1.44 bits per heavy atom. The molecule has 1 aliphatic rings. The standard InChI is InChI=1S/C13H21NO2/c1-9(2)6-10-8-14(13(3,4)5)12(16)7-11(10)15/h10H,1,6-8H2,2-5H3. The number of ketones is 1. The van der Waals surface area contributed by atoms with Crippen molar-refractivity contribution in [1.82, 2.24) is 4.90 Å². The highest BCUT2D eigenvalue weighted by atomic mass is 16.2. The van der Waals surface area contributed by atoms with Crippen LogP contribution in [0, 0.1) is 5.92 Å². The average Bonchev–Trinajstić information content (AvgIpc) is 2.06. The van der Waals surface area contributed by atoms with Gasteiger partial charge in [0, 0.05) is 18.0 Å². The number of allylic oxidation sites excluding steroid dienone is 1. The van der Waals surface area contributed by atoms with Gasteiger partial charge in [0.05, 0.1) is 6.42 Å². The van der Waals surface area contributed by atoms with Gasteiger partial charge in [-0.3, -0.25) is 9.59 Å². The van der Waals surface area contributed by atoms with E-state index >= 15 is 0 Å².